The van der Waals surface area contributed by atoms with E-state index in [-0.39, 0.29) is 12.3 Å². The number of urea groups is 1. The molecule has 142 valence electrons. The highest BCUT2D eigenvalue weighted by Crippen LogP contribution is 2.42. The van der Waals surface area contributed by atoms with E-state index in [1.165, 1.54) is 6.42 Å². The second-order valence-corrected chi connectivity index (χ2v) is 7.42. The summed E-state index contributed by atoms with van der Waals surface area (Å²) in [4.78, 5) is 38.1. The summed E-state index contributed by atoms with van der Waals surface area (Å²) in [6.45, 7) is 0.626. The van der Waals surface area contributed by atoms with Crippen molar-refractivity contribution in [3.8, 4) is 5.75 Å². The van der Waals surface area contributed by atoms with Gasteiger partial charge in [0.2, 0.25) is 5.91 Å². The summed E-state index contributed by atoms with van der Waals surface area (Å²) >= 11 is 0. The van der Waals surface area contributed by atoms with Crippen molar-refractivity contribution in [3.05, 3.63) is 36.4 Å². The van der Waals surface area contributed by atoms with Crippen LogP contribution in [-0.2, 0) is 9.59 Å². The van der Waals surface area contributed by atoms with Gasteiger partial charge in [0, 0.05) is 6.54 Å². The van der Waals surface area contributed by atoms with Gasteiger partial charge >= 0.3 is 6.03 Å². The second kappa shape index (κ2) is 7.06. The summed E-state index contributed by atoms with van der Waals surface area (Å²) in [5.74, 6) is 1.71. The molecule has 0 unspecified atom stereocenters. The van der Waals surface area contributed by atoms with E-state index in [0.29, 0.717) is 35.7 Å². The number of rotatable bonds is 6. The zero-order valence-electron chi connectivity index (χ0n) is 15.2. The molecule has 4 atom stereocenters. The first kappa shape index (κ1) is 17.6. The summed E-state index contributed by atoms with van der Waals surface area (Å²) < 4.78 is 5.09. The average molecular weight is 369 g/mol. The van der Waals surface area contributed by atoms with Crippen LogP contribution < -0.4 is 20.3 Å². The number of carbonyl (C=O) groups excluding carboxylic acids is 3. The Labute approximate surface area is 157 Å². The smallest absolute Gasteiger partial charge is 0.329 e. The molecule has 1 heterocycles. The summed E-state index contributed by atoms with van der Waals surface area (Å²) in [5.41, 5.74) is 0.454. The number of benzene rings is 1. The lowest BCUT2D eigenvalue weighted by Crippen LogP contribution is -2.38. The molecule has 2 bridgehead atoms. The van der Waals surface area contributed by atoms with E-state index in [1.807, 2.05) is 0 Å². The number of hydrogen-bond donors (Lipinski definition) is 2. The number of ether oxygens (including phenoxy) is 1. The molecule has 4 rings (SSSR count). The van der Waals surface area contributed by atoms with Crippen LogP contribution in [0.4, 0.5) is 10.5 Å². The molecule has 1 aliphatic heterocycles. The molecule has 3 aliphatic rings. The van der Waals surface area contributed by atoms with Gasteiger partial charge < -0.3 is 15.4 Å². The Bertz CT molecular complexity index is 789. The van der Waals surface area contributed by atoms with Crippen molar-refractivity contribution in [2.75, 3.05) is 18.6 Å². The topological polar surface area (TPSA) is 87.7 Å². The Hall–Kier alpha value is -2.83. The van der Waals surface area contributed by atoms with Gasteiger partial charge in [-0.25, -0.2) is 9.69 Å². The van der Waals surface area contributed by atoms with Crippen LogP contribution in [0.25, 0.3) is 0 Å². The van der Waals surface area contributed by atoms with Gasteiger partial charge in [-0.2, -0.15) is 0 Å². The number of carbonyl (C=O) groups is 3. The third-order valence-electron chi connectivity index (χ3n) is 5.72. The fraction of sp³-hybridized carbons (Fsp3) is 0.450. The van der Waals surface area contributed by atoms with E-state index in [0.717, 1.165) is 11.3 Å². The van der Waals surface area contributed by atoms with Crippen molar-refractivity contribution in [1.29, 1.82) is 0 Å². The predicted octanol–water partition coefficient (Wildman–Crippen LogP) is 1.84. The van der Waals surface area contributed by atoms with Crippen LogP contribution in [0.5, 0.6) is 5.75 Å². The molecule has 7 nitrogen and oxygen atoms in total. The summed E-state index contributed by atoms with van der Waals surface area (Å²) in [6.07, 6.45) is 6.77. The Morgan fingerprint density at radius 2 is 2.00 bits per heavy atom. The molecule has 0 aromatic heterocycles. The molecule has 4 amide bonds. The Kier molecular flexibility index (Phi) is 4.59. The third-order valence-corrected chi connectivity index (χ3v) is 5.72. The number of anilines is 1. The fourth-order valence-corrected chi connectivity index (χ4v) is 4.28. The highest BCUT2D eigenvalue weighted by Gasteiger charge is 2.40. The van der Waals surface area contributed by atoms with Crippen molar-refractivity contribution in [2.45, 2.75) is 25.3 Å². The molecular formula is C20H23N3O4. The molecule has 7 heteroatoms. The third kappa shape index (κ3) is 3.41. The SMILES string of the molecule is COc1ccc(N2C(=O)N[C@H](CC(=O)NC[C@@H]3C[C@H]4C=C[C@H]3C4)C2=O)cc1. The minimum Gasteiger partial charge on any atom is -0.497 e. The predicted molar refractivity (Wildman–Crippen MR) is 99.3 cm³/mol. The maximum absolute atomic E-state index is 12.6. The van der Waals surface area contributed by atoms with Gasteiger partial charge in [-0.05, 0) is 54.9 Å². The largest absolute Gasteiger partial charge is 0.497 e. The zero-order chi connectivity index (χ0) is 19.0. The zero-order valence-corrected chi connectivity index (χ0v) is 15.2. The van der Waals surface area contributed by atoms with E-state index in [4.69, 9.17) is 4.74 Å². The molecule has 0 radical (unpaired) electrons. The summed E-state index contributed by atoms with van der Waals surface area (Å²) in [7, 11) is 1.55. The van der Waals surface area contributed by atoms with Crippen LogP contribution in [0.1, 0.15) is 19.3 Å². The molecule has 1 saturated carbocycles. The molecule has 1 aromatic carbocycles. The Morgan fingerprint density at radius 1 is 1.22 bits per heavy atom. The van der Waals surface area contributed by atoms with E-state index in [1.54, 1.807) is 31.4 Å². The molecule has 2 fully saturated rings. The minimum absolute atomic E-state index is 0.0477. The lowest BCUT2D eigenvalue weighted by Gasteiger charge is -2.19. The van der Waals surface area contributed by atoms with Gasteiger partial charge in [-0.3, -0.25) is 9.59 Å². The van der Waals surface area contributed by atoms with Crippen molar-refractivity contribution < 1.29 is 19.1 Å². The molecule has 27 heavy (non-hydrogen) atoms. The lowest BCUT2D eigenvalue weighted by atomic mass is 9.93. The van der Waals surface area contributed by atoms with Crippen LogP contribution in [0.2, 0.25) is 0 Å². The molecule has 1 saturated heterocycles. The quantitative estimate of drug-likeness (QED) is 0.592. The lowest BCUT2D eigenvalue weighted by molar-refractivity contribution is -0.125. The number of amides is 4. The number of methoxy groups -OCH3 is 1. The van der Waals surface area contributed by atoms with Crippen LogP contribution >= 0.6 is 0 Å². The van der Waals surface area contributed by atoms with Gasteiger partial charge in [-0.1, -0.05) is 12.2 Å². The normalized spacial score (nSPS) is 28.6. The monoisotopic (exact) mass is 369 g/mol. The average Bonchev–Trinajstić information content (AvgIpc) is 3.36. The van der Waals surface area contributed by atoms with Crippen molar-refractivity contribution in [1.82, 2.24) is 10.6 Å². The van der Waals surface area contributed by atoms with Gasteiger partial charge in [0.1, 0.15) is 11.8 Å². The highest BCUT2D eigenvalue weighted by atomic mass is 16.5. The minimum atomic E-state index is -0.834. The van der Waals surface area contributed by atoms with Crippen molar-refractivity contribution >= 4 is 23.5 Å². The first-order valence-electron chi connectivity index (χ1n) is 9.28. The van der Waals surface area contributed by atoms with E-state index >= 15 is 0 Å². The second-order valence-electron chi connectivity index (χ2n) is 7.42. The molecular weight excluding hydrogens is 346 g/mol. The Balaban J connectivity index is 1.32. The van der Waals surface area contributed by atoms with Crippen LogP contribution in [0, 0.1) is 17.8 Å². The van der Waals surface area contributed by atoms with Crippen LogP contribution in [0.15, 0.2) is 36.4 Å². The highest BCUT2D eigenvalue weighted by molar-refractivity contribution is 6.22. The van der Waals surface area contributed by atoms with E-state index in [2.05, 4.69) is 22.8 Å². The first-order valence-corrected chi connectivity index (χ1v) is 9.28. The van der Waals surface area contributed by atoms with Gasteiger partial charge in [0.25, 0.3) is 5.91 Å². The summed E-state index contributed by atoms with van der Waals surface area (Å²) in [6, 6.07) is 5.29. The number of fused-ring (bicyclic) bond motifs is 2. The fourth-order valence-electron chi connectivity index (χ4n) is 4.28. The molecule has 2 aliphatic carbocycles. The first-order chi connectivity index (χ1) is 13.0. The molecule has 2 N–H and O–H groups in total. The molecule has 0 spiro atoms. The number of nitrogens with one attached hydrogen (secondary N) is 2. The summed E-state index contributed by atoms with van der Waals surface area (Å²) in [5, 5.41) is 5.53. The van der Waals surface area contributed by atoms with Crippen LogP contribution in [0.3, 0.4) is 0 Å². The standard InChI is InChI=1S/C20H23N3O4/c1-27-16-6-4-15(5-7-16)23-19(25)17(22-20(23)26)10-18(24)21-11-14-9-12-2-3-13(14)8-12/h2-7,12-14,17H,8-11H2,1H3,(H,21,24)(H,22,26)/t12-,13-,14-,17+/m0/s1. The Morgan fingerprint density at radius 3 is 2.63 bits per heavy atom. The van der Waals surface area contributed by atoms with Crippen molar-refractivity contribution in [2.24, 2.45) is 17.8 Å². The van der Waals surface area contributed by atoms with Gasteiger partial charge in [0.15, 0.2) is 0 Å². The van der Waals surface area contributed by atoms with Gasteiger partial charge in [0.05, 0.1) is 19.2 Å². The van der Waals surface area contributed by atoms with Crippen LogP contribution in [-0.4, -0.2) is 37.5 Å². The number of imide groups is 1. The van der Waals surface area contributed by atoms with E-state index < -0.39 is 18.0 Å². The molecule has 1 aromatic rings. The van der Waals surface area contributed by atoms with E-state index in [9.17, 15) is 14.4 Å². The number of hydrogen-bond acceptors (Lipinski definition) is 4. The number of nitrogens with zero attached hydrogens (tertiary/aromatic N) is 1. The maximum Gasteiger partial charge on any atom is 0.329 e. The number of allylic oxidation sites excluding steroid dienone is 2. The van der Waals surface area contributed by atoms with Crippen molar-refractivity contribution in [3.63, 3.8) is 0 Å². The van der Waals surface area contributed by atoms with Gasteiger partial charge in [-0.15, -0.1) is 0 Å². The maximum atomic E-state index is 12.6.